The van der Waals surface area contributed by atoms with Crippen LogP contribution in [0.25, 0.3) is 32.3 Å². The molecule has 2 heteroatoms. The van der Waals surface area contributed by atoms with Crippen LogP contribution in [0.15, 0.2) is 84.9 Å². The molecule has 6 rings (SSSR count). The van der Waals surface area contributed by atoms with Crippen LogP contribution in [0.2, 0.25) is 0 Å². The highest BCUT2D eigenvalue weighted by Crippen LogP contribution is 2.43. The Balaban J connectivity index is 1.54. The van der Waals surface area contributed by atoms with Gasteiger partial charge in [-0.2, -0.15) is 0 Å². The van der Waals surface area contributed by atoms with Crippen molar-refractivity contribution < 1.29 is 9.53 Å². The molecule has 34 heavy (non-hydrogen) atoms. The van der Waals surface area contributed by atoms with Gasteiger partial charge >= 0.3 is 5.97 Å². The molecule has 5 aromatic rings. The van der Waals surface area contributed by atoms with E-state index in [0.717, 1.165) is 30.2 Å². The first-order valence-electron chi connectivity index (χ1n) is 12.3. The predicted molar refractivity (Wildman–Crippen MR) is 141 cm³/mol. The van der Waals surface area contributed by atoms with Gasteiger partial charge in [0, 0.05) is 5.92 Å². The van der Waals surface area contributed by atoms with Gasteiger partial charge in [-0.15, -0.1) is 0 Å². The fourth-order valence-corrected chi connectivity index (χ4v) is 5.97. The lowest BCUT2D eigenvalue weighted by Gasteiger charge is -2.29. The summed E-state index contributed by atoms with van der Waals surface area (Å²) >= 11 is 0. The predicted octanol–water partition coefficient (Wildman–Crippen LogP) is 7.72. The van der Waals surface area contributed by atoms with E-state index in [1.807, 2.05) is 6.92 Å². The highest BCUT2D eigenvalue weighted by molar-refractivity contribution is 6.08. The summed E-state index contributed by atoms with van der Waals surface area (Å²) in [5.41, 5.74) is 5.27. The summed E-state index contributed by atoms with van der Waals surface area (Å²) in [5, 5.41) is 7.64. The molecule has 1 unspecified atom stereocenters. The monoisotopic (exact) mass is 444 g/mol. The smallest absolute Gasteiger partial charge is 0.310 e. The summed E-state index contributed by atoms with van der Waals surface area (Å²) in [7, 11) is 0. The first-order valence-corrected chi connectivity index (χ1v) is 12.3. The Kier molecular flexibility index (Phi) is 5.30. The number of hydrogen-bond acceptors (Lipinski definition) is 2. The normalized spacial score (nSPS) is 15.5. The highest BCUT2D eigenvalue weighted by Gasteiger charge is 2.27. The van der Waals surface area contributed by atoms with Gasteiger partial charge in [-0.05, 0) is 80.8 Å². The fourth-order valence-electron chi connectivity index (χ4n) is 5.97. The van der Waals surface area contributed by atoms with Crippen molar-refractivity contribution in [1.82, 2.24) is 0 Å². The van der Waals surface area contributed by atoms with E-state index >= 15 is 0 Å². The molecule has 0 bridgehead atoms. The summed E-state index contributed by atoms with van der Waals surface area (Å²) in [6, 6.07) is 30.7. The number of esters is 1. The van der Waals surface area contributed by atoms with E-state index in [-0.39, 0.29) is 11.9 Å². The Morgan fingerprint density at radius 3 is 2.26 bits per heavy atom. The Hall–Kier alpha value is -3.65. The Morgan fingerprint density at radius 1 is 0.765 bits per heavy atom. The molecule has 0 fully saturated rings. The van der Waals surface area contributed by atoms with Crippen molar-refractivity contribution >= 4 is 38.3 Å². The third-order valence-corrected chi connectivity index (χ3v) is 7.45. The second-order valence-electron chi connectivity index (χ2n) is 9.30. The molecule has 0 amide bonds. The van der Waals surface area contributed by atoms with Crippen molar-refractivity contribution in [3.05, 3.63) is 107 Å². The summed E-state index contributed by atoms with van der Waals surface area (Å²) in [6.45, 7) is 2.28. The van der Waals surface area contributed by atoms with Crippen molar-refractivity contribution in [3.8, 4) is 0 Å². The number of carbonyl (C=O) groups is 1. The van der Waals surface area contributed by atoms with Crippen molar-refractivity contribution in [3.63, 3.8) is 0 Å². The highest BCUT2D eigenvalue weighted by atomic mass is 16.5. The largest absolute Gasteiger partial charge is 0.466 e. The molecular weight excluding hydrogens is 416 g/mol. The molecule has 0 spiro atoms. The standard InChI is InChI=1S/C32H28O2/c1-2-34-32(33)20-31-24-11-6-4-9-22(24)15-17-30(31)26-13-7-12-25-28-16-14-21-8-3-5-10-23(21)27(28)18-19-29(25)26/h3-6,8-11,14-19,26H,2,7,12-13,20H2,1H3. The molecule has 2 nitrogen and oxygen atoms in total. The molecule has 1 atom stereocenters. The summed E-state index contributed by atoms with van der Waals surface area (Å²) in [4.78, 5) is 12.6. The molecule has 1 aliphatic carbocycles. The van der Waals surface area contributed by atoms with E-state index < -0.39 is 0 Å². The third-order valence-electron chi connectivity index (χ3n) is 7.45. The molecule has 0 heterocycles. The number of aryl methyl sites for hydroxylation is 1. The van der Waals surface area contributed by atoms with Gasteiger partial charge in [0.15, 0.2) is 0 Å². The van der Waals surface area contributed by atoms with Crippen LogP contribution in [-0.2, 0) is 22.4 Å². The van der Waals surface area contributed by atoms with E-state index in [4.69, 9.17) is 4.74 Å². The fraction of sp³-hybridized carbons (Fsp3) is 0.219. The molecule has 0 radical (unpaired) electrons. The van der Waals surface area contributed by atoms with Crippen molar-refractivity contribution in [1.29, 1.82) is 0 Å². The quantitative estimate of drug-likeness (QED) is 0.209. The van der Waals surface area contributed by atoms with Crippen molar-refractivity contribution in [2.24, 2.45) is 0 Å². The van der Waals surface area contributed by atoms with Crippen LogP contribution in [0.4, 0.5) is 0 Å². The van der Waals surface area contributed by atoms with E-state index in [9.17, 15) is 4.79 Å². The van der Waals surface area contributed by atoms with Crippen LogP contribution in [0.5, 0.6) is 0 Å². The van der Waals surface area contributed by atoms with Gasteiger partial charge in [0.2, 0.25) is 0 Å². The number of carbonyl (C=O) groups excluding carboxylic acids is 1. The van der Waals surface area contributed by atoms with Gasteiger partial charge in [-0.3, -0.25) is 4.79 Å². The van der Waals surface area contributed by atoms with Gasteiger partial charge < -0.3 is 4.74 Å². The molecule has 1 aliphatic rings. The van der Waals surface area contributed by atoms with Gasteiger partial charge in [-0.25, -0.2) is 0 Å². The zero-order valence-electron chi connectivity index (χ0n) is 19.5. The molecule has 0 saturated carbocycles. The molecule has 0 saturated heterocycles. The first-order chi connectivity index (χ1) is 16.7. The molecule has 168 valence electrons. The topological polar surface area (TPSA) is 26.3 Å². The maximum Gasteiger partial charge on any atom is 0.310 e. The van der Waals surface area contributed by atoms with Gasteiger partial charge in [0.05, 0.1) is 13.0 Å². The number of benzene rings is 5. The van der Waals surface area contributed by atoms with Crippen LogP contribution >= 0.6 is 0 Å². The second kappa shape index (κ2) is 8.61. The minimum absolute atomic E-state index is 0.152. The Labute approximate surface area is 200 Å². The average molecular weight is 445 g/mol. The van der Waals surface area contributed by atoms with Crippen LogP contribution in [-0.4, -0.2) is 12.6 Å². The Morgan fingerprint density at radius 2 is 1.44 bits per heavy atom. The molecular formula is C32H28O2. The Bertz CT molecular complexity index is 1550. The molecule has 5 aromatic carbocycles. The lowest BCUT2D eigenvalue weighted by molar-refractivity contribution is -0.142. The average Bonchev–Trinajstić information content (AvgIpc) is 2.88. The zero-order valence-corrected chi connectivity index (χ0v) is 19.5. The summed E-state index contributed by atoms with van der Waals surface area (Å²) in [6.07, 6.45) is 3.66. The number of rotatable bonds is 4. The lowest BCUT2D eigenvalue weighted by atomic mass is 9.75. The van der Waals surface area contributed by atoms with E-state index in [0.29, 0.717) is 13.0 Å². The third kappa shape index (κ3) is 3.45. The van der Waals surface area contributed by atoms with Crippen molar-refractivity contribution in [2.45, 2.75) is 38.5 Å². The minimum Gasteiger partial charge on any atom is -0.466 e. The lowest BCUT2D eigenvalue weighted by Crippen LogP contribution is -2.16. The van der Waals surface area contributed by atoms with Crippen LogP contribution in [0, 0.1) is 0 Å². The van der Waals surface area contributed by atoms with E-state index in [1.165, 1.54) is 43.6 Å². The van der Waals surface area contributed by atoms with Gasteiger partial charge in [0.25, 0.3) is 0 Å². The number of hydrogen-bond donors (Lipinski definition) is 0. The summed E-state index contributed by atoms with van der Waals surface area (Å²) < 4.78 is 5.37. The maximum atomic E-state index is 12.6. The van der Waals surface area contributed by atoms with Gasteiger partial charge in [-0.1, -0.05) is 84.9 Å². The second-order valence-corrected chi connectivity index (χ2v) is 9.30. The number of fused-ring (bicyclic) bond motifs is 6. The summed E-state index contributed by atoms with van der Waals surface area (Å²) in [5.74, 6) is 0.134. The molecule has 0 aliphatic heterocycles. The first kappa shape index (κ1) is 20.9. The van der Waals surface area contributed by atoms with Gasteiger partial charge in [0.1, 0.15) is 0 Å². The van der Waals surface area contributed by atoms with Crippen LogP contribution < -0.4 is 0 Å². The van der Waals surface area contributed by atoms with Crippen LogP contribution in [0.1, 0.15) is 47.9 Å². The molecule has 0 aromatic heterocycles. The number of ether oxygens (including phenoxy) is 1. The maximum absolute atomic E-state index is 12.6. The van der Waals surface area contributed by atoms with E-state index in [2.05, 4.69) is 84.9 Å². The SMILES string of the molecule is CCOC(=O)Cc1c(C2CCCc3c2ccc2c3ccc3ccccc32)ccc2ccccc12. The van der Waals surface area contributed by atoms with E-state index in [1.54, 1.807) is 0 Å². The van der Waals surface area contributed by atoms with Crippen LogP contribution in [0.3, 0.4) is 0 Å². The molecule has 0 N–H and O–H groups in total. The van der Waals surface area contributed by atoms with Crippen molar-refractivity contribution in [2.75, 3.05) is 6.61 Å². The minimum atomic E-state index is -0.152. The zero-order chi connectivity index (χ0) is 23.1.